The van der Waals surface area contributed by atoms with Gasteiger partial charge in [-0.1, -0.05) is 30.3 Å². The molecule has 0 saturated carbocycles. The van der Waals surface area contributed by atoms with Crippen molar-refractivity contribution in [3.05, 3.63) is 66.3 Å². The van der Waals surface area contributed by atoms with Crippen molar-refractivity contribution in [2.24, 2.45) is 0 Å². The molecule has 1 N–H and O–H groups in total. The van der Waals surface area contributed by atoms with Crippen molar-refractivity contribution in [2.45, 2.75) is 6.42 Å². The van der Waals surface area contributed by atoms with Crippen LogP contribution in [0.4, 0.5) is 0 Å². The first kappa shape index (κ1) is 12.2. The highest BCUT2D eigenvalue weighted by atomic mass is 16.3. The molecular weight excluding hydrogens is 226 g/mol. The molecule has 0 fully saturated rings. The maximum Gasteiger partial charge on any atom is 0.172 e. The second-order valence-corrected chi connectivity index (χ2v) is 3.91. The van der Waals surface area contributed by atoms with Gasteiger partial charge in [0.15, 0.2) is 5.78 Å². The smallest absolute Gasteiger partial charge is 0.172 e. The molecule has 18 heavy (non-hydrogen) atoms. The summed E-state index contributed by atoms with van der Waals surface area (Å²) in [5, 5.41) is 2.88. The Balaban J connectivity index is 2.18. The van der Waals surface area contributed by atoms with Crippen molar-refractivity contribution in [1.29, 1.82) is 0 Å². The molecule has 0 aliphatic carbocycles. The summed E-state index contributed by atoms with van der Waals surface area (Å²) in [7, 11) is 1.76. The number of benzene rings is 1. The van der Waals surface area contributed by atoms with Gasteiger partial charge in [-0.15, -0.1) is 0 Å². The lowest BCUT2D eigenvalue weighted by atomic mass is 10.0. The van der Waals surface area contributed by atoms with Crippen LogP contribution in [0.5, 0.6) is 0 Å². The number of allylic oxidation sites excluding steroid dienone is 1. The zero-order valence-corrected chi connectivity index (χ0v) is 10.2. The van der Waals surface area contributed by atoms with Crippen molar-refractivity contribution in [2.75, 3.05) is 7.05 Å². The summed E-state index contributed by atoms with van der Waals surface area (Å²) >= 11 is 0. The Bertz CT molecular complexity index is 527. The molecule has 1 aromatic heterocycles. The molecule has 0 amide bonds. The Morgan fingerprint density at radius 1 is 1.22 bits per heavy atom. The van der Waals surface area contributed by atoms with E-state index in [0.717, 1.165) is 5.56 Å². The molecule has 0 saturated heterocycles. The van der Waals surface area contributed by atoms with Crippen molar-refractivity contribution in [3.63, 3.8) is 0 Å². The van der Waals surface area contributed by atoms with Crippen LogP contribution in [0.15, 0.2) is 59.3 Å². The standard InChI is InChI=1S/C15H15NO2/c1-16-11-13(15-8-5-9-18-15)14(17)10-12-6-3-2-4-7-12/h2-9,11,16H,10H2,1H3. The van der Waals surface area contributed by atoms with E-state index >= 15 is 0 Å². The van der Waals surface area contributed by atoms with Crippen molar-refractivity contribution in [1.82, 2.24) is 5.32 Å². The first-order chi connectivity index (χ1) is 8.81. The van der Waals surface area contributed by atoms with Crippen molar-refractivity contribution >= 4 is 11.4 Å². The number of ketones is 1. The minimum absolute atomic E-state index is 0.0329. The van der Waals surface area contributed by atoms with E-state index in [-0.39, 0.29) is 5.78 Å². The van der Waals surface area contributed by atoms with E-state index in [1.165, 1.54) is 0 Å². The summed E-state index contributed by atoms with van der Waals surface area (Å²) in [5.41, 5.74) is 1.56. The highest BCUT2D eigenvalue weighted by Gasteiger charge is 2.14. The number of Topliss-reactive ketones (excluding diaryl/α,β-unsaturated/α-hetero) is 1. The van der Waals surface area contributed by atoms with Crippen LogP contribution in [0.3, 0.4) is 0 Å². The molecule has 92 valence electrons. The van der Waals surface area contributed by atoms with Crippen LogP contribution >= 0.6 is 0 Å². The average Bonchev–Trinajstić information content (AvgIpc) is 2.90. The molecule has 3 heteroatoms. The van der Waals surface area contributed by atoms with Gasteiger partial charge in [0.25, 0.3) is 0 Å². The largest absolute Gasteiger partial charge is 0.464 e. The summed E-state index contributed by atoms with van der Waals surface area (Å²) < 4.78 is 5.28. The zero-order valence-electron chi connectivity index (χ0n) is 10.2. The molecule has 0 aliphatic heterocycles. The first-order valence-corrected chi connectivity index (χ1v) is 5.79. The van der Waals surface area contributed by atoms with Crippen LogP contribution in [-0.2, 0) is 11.2 Å². The Labute approximate surface area is 106 Å². The number of furan rings is 1. The molecule has 0 spiro atoms. The number of carbonyl (C=O) groups is 1. The van der Waals surface area contributed by atoms with Crippen LogP contribution < -0.4 is 5.32 Å². The summed E-state index contributed by atoms with van der Waals surface area (Å²) in [6, 6.07) is 13.2. The first-order valence-electron chi connectivity index (χ1n) is 5.79. The molecule has 1 aromatic carbocycles. The zero-order chi connectivity index (χ0) is 12.8. The summed E-state index contributed by atoms with van der Waals surface area (Å²) in [5.74, 6) is 0.621. The van der Waals surface area contributed by atoms with E-state index in [1.807, 2.05) is 30.3 Å². The van der Waals surface area contributed by atoms with E-state index in [9.17, 15) is 4.79 Å². The van der Waals surface area contributed by atoms with E-state index in [1.54, 1.807) is 31.6 Å². The van der Waals surface area contributed by atoms with E-state index < -0.39 is 0 Å². The molecule has 3 nitrogen and oxygen atoms in total. The van der Waals surface area contributed by atoms with Gasteiger partial charge in [-0.3, -0.25) is 4.79 Å². The fraction of sp³-hybridized carbons (Fsp3) is 0.133. The van der Waals surface area contributed by atoms with E-state index in [4.69, 9.17) is 4.42 Å². The Morgan fingerprint density at radius 2 is 2.00 bits per heavy atom. The Hall–Kier alpha value is -2.29. The molecule has 1 heterocycles. The van der Waals surface area contributed by atoms with Crippen LogP contribution in [0.1, 0.15) is 11.3 Å². The fourth-order valence-electron chi connectivity index (χ4n) is 1.74. The number of carbonyl (C=O) groups excluding carboxylic acids is 1. The van der Waals surface area contributed by atoms with E-state index in [2.05, 4.69) is 5.32 Å². The summed E-state index contributed by atoms with van der Waals surface area (Å²) in [6.45, 7) is 0. The third-order valence-electron chi connectivity index (χ3n) is 2.58. The quantitative estimate of drug-likeness (QED) is 0.818. The summed E-state index contributed by atoms with van der Waals surface area (Å²) in [4.78, 5) is 12.2. The SMILES string of the molecule is CNC=C(C(=O)Cc1ccccc1)c1ccco1. The van der Waals surface area contributed by atoms with Gasteiger partial charge in [-0.2, -0.15) is 0 Å². The molecule has 0 radical (unpaired) electrons. The number of hydrogen-bond donors (Lipinski definition) is 1. The maximum absolute atomic E-state index is 12.2. The second kappa shape index (κ2) is 5.87. The normalized spacial score (nSPS) is 11.3. The molecule has 2 aromatic rings. The van der Waals surface area contributed by atoms with Crippen molar-refractivity contribution in [3.8, 4) is 0 Å². The monoisotopic (exact) mass is 241 g/mol. The highest BCUT2D eigenvalue weighted by molar-refractivity contribution is 6.20. The van der Waals surface area contributed by atoms with Gasteiger partial charge in [0.1, 0.15) is 5.76 Å². The fourth-order valence-corrected chi connectivity index (χ4v) is 1.74. The lowest BCUT2D eigenvalue weighted by Crippen LogP contribution is -2.08. The van der Waals surface area contributed by atoms with Crippen LogP contribution in [-0.4, -0.2) is 12.8 Å². The third-order valence-corrected chi connectivity index (χ3v) is 2.58. The van der Waals surface area contributed by atoms with Crippen LogP contribution in [0, 0.1) is 0 Å². The van der Waals surface area contributed by atoms with Gasteiger partial charge in [-0.25, -0.2) is 0 Å². The number of hydrogen-bond acceptors (Lipinski definition) is 3. The Morgan fingerprint density at radius 3 is 2.61 bits per heavy atom. The third kappa shape index (κ3) is 2.88. The predicted octanol–water partition coefficient (Wildman–Crippen LogP) is 2.65. The van der Waals surface area contributed by atoms with Crippen molar-refractivity contribution < 1.29 is 9.21 Å². The van der Waals surface area contributed by atoms with Gasteiger partial charge in [0.2, 0.25) is 0 Å². The lowest BCUT2D eigenvalue weighted by Gasteiger charge is -2.04. The molecule has 2 rings (SSSR count). The molecule has 0 bridgehead atoms. The molecule has 0 unspecified atom stereocenters. The van der Waals surface area contributed by atoms with Crippen LogP contribution in [0.25, 0.3) is 5.57 Å². The average molecular weight is 241 g/mol. The van der Waals surface area contributed by atoms with Gasteiger partial charge in [0, 0.05) is 19.7 Å². The number of rotatable bonds is 5. The maximum atomic E-state index is 12.2. The predicted molar refractivity (Wildman–Crippen MR) is 70.9 cm³/mol. The number of nitrogens with one attached hydrogen (secondary N) is 1. The Kier molecular flexibility index (Phi) is 3.97. The van der Waals surface area contributed by atoms with Gasteiger partial charge in [-0.05, 0) is 17.7 Å². The minimum atomic E-state index is 0.0329. The minimum Gasteiger partial charge on any atom is -0.464 e. The van der Waals surface area contributed by atoms with Gasteiger partial charge in [0.05, 0.1) is 11.8 Å². The van der Waals surface area contributed by atoms with Gasteiger partial charge >= 0.3 is 0 Å². The molecule has 0 aliphatic rings. The molecule has 0 atom stereocenters. The highest BCUT2D eigenvalue weighted by Crippen LogP contribution is 2.17. The summed E-state index contributed by atoms with van der Waals surface area (Å²) in [6.07, 6.45) is 3.60. The van der Waals surface area contributed by atoms with E-state index in [0.29, 0.717) is 17.8 Å². The topological polar surface area (TPSA) is 42.2 Å². The lowest BCUT2D eigenvalue weighted by molar-refractivity contribution is -0.113. The van der Waals surface area contributed by atoms with Crippen LogP contribution in [0.2, 0.25) is 0 Å². The second-order valence-electron chi connectivity index (χ2n) is 3.91. The molecular formula is C15H15NO2. The van der Waals surface area contributed by atoms with Gasteiger partial charge < -0.3 is 9.73 Å².